The van der Waals surface area contributed by atoms with Gasteiger partial charge in [0.2, 0.25) is 5.67 Å². The van der Waals surface area contributed by atoms with Gasteiger partial charge in [-0.1, -0.05) is 19.9 Å². The zero-order chi connectivity index (χ0) is 22.8. The summed E-state index contributed by atoms with van der Waals surface area (Å²) >= 11 is 0. The van der Waals surface area contributed by atoms with Crippen LogP contribution in [0.25, 0.3) is 16.6 Å². The number of benzene rings is 2. The van der Waals surface area contributed by atoms with Crippen molar-refractivity contribution in [3.05, 3.63) is 59.5 Å². The number of phenols is 1. The summed E-state index contributed by atoms with van der Waals surface area (Å²) in [6.45, 7) is 4.28. The van der Waals surface area contributed by atoms with Gasteiger partial charge < -0.3 is 19.5 Å². The minimum Gasteiger partial charge on any atom is -0.507 e. The maximum absolute atomic E-state index is 15.1. The van der Waals surface area contributed by atoms with Crippen LogP contribution in [-0.4, -0.2) is 39.1 Å². The second kappa shape index (κ2) is 7.04. The molecule has 7 heteroatoms. The monoisotopic (exact) mass is 441 g/mol. The van der Waals surface area contributed by atoms with Crippen molar-refractivity contribution >= 4 is 16.9 Å². The van der Waals surface area contributed by atoms with Crippen molar-refractivity contribution in [3.63, 3.8) is 0 Å². The molecule has 5 rings (SSSR count). The first-order chi connectivity index (χ1) is 15.1. The van der Waals surface area contributed by atoms with E-state index in [2.05, 4.69) is 0 Å². The number of carbonyl (C=O) groups is 1. The van der Waals surface area contributed by atoms with E-state index in [0.717, 1.165) is 22.5 Å². The van der Waals surface area contributed by atoms with E-state index in [1.807, 2.05) is 24.5 Å². The molecule has 2 N–H and O–H groups in total. The number of carboxylic acid groups (broad SMARTS) is 1. The van der Waals surface area contributed by atoms with Crippen LogP contribution in [-0.2, 0) is 14.9 Å². The number of phenolic OH excluding ortho intramolecular Hbond substituents is 1. The summed E-state index contributed by atoms with van der Waals surface area (Å²) in [7, 11) is 0. The molecule has 1 saturated carbocycles. The molecular formula is C25H25F2NO4. The molecule has 3 aromatic rings. The molecule has 32 heavy (non-hydrogen) atoms. The van der Waals surface area contributed by atoms with Crippen LogP contribution in [0.3, 0.4) is 0 Å². The third kappa shape index (κ3) is 3.02. The minimum atomic E-state index is -2.33. The van der Waals surface area contributed by atoms with Crippen molar-refractivity contribution in [3.8, 4) is 11.4 Å². The maximum Gasteiger partial charge on any atom is 0.341 e. The first kappa shape index (κ1) is 20.9. The van der Waals surface area contributed by atoms with Crippen LogP contribution in [0, 0.1) is 5.82 Å². The van der Waals surface area contributed by atoms with Crippen LogP contribution in [0.15, 0.2) is 42.5 Å². The Balaban J connectivity index is 1.80. The molecule has 0 saturated heterocycles. The molecule has 0 amide bonds. The summed E-state index contributed by atoms with van der Waals surface area (Å²) in [5.41, 5.74) is 0.431. The van der Waals surface area contributed by atoms with E-state index in [4.69, 9.17) is 4.74 Å². The van der Waals surface area contributed by atoms with Crippen LogP contribution in [0.2, 0.25) is 0 Å². The van der Waals surface area contributed by atoms with E-state index < -0.39 is 23.2 Å². The SMILES string of the molecule is CC1(C)COC2C[C@@](F)(C(=O)O)CCC2c2c1n(-c1ccc(F)cc1)c1cccc(O)c21. The molecule has 0 bridgehead atoms. The Morgan fingerprint density at radius 1 is 1.19 bits per heavy atom. The largest absolute Gasteiger partial charge is 0.507 e. The molecule has 1 aliphatic carbocycles. The lowest BCUT2D eigenvalue weighted by molar-refractivity contribution is -0.158. The molecule has 0 radical (unpaired) electrons. The summed E-state index contributed by atoms with van der Waals surface area (Å²) in [5, 5.41) is 21.0. The number of aliphatic carboxylic acids is 1. The predicted molar refractivity (Wildman–Crippen MR) is 116 cm³/mol. The molecule has 1 fully saturated rings. The Labute approximate surface area is 184 Å². The van der Waals surface area contributed by atoms with Gasteiger partial charge >= 0.3 is 5.97 Å². The van der Waals surface area contributed by atoms with Crippen molar-refractivity contribution in [1.82, 2.24) is 4.57 Å². The summed E-state index contributed by atoms with van der Waals surface area (Å²) < 4.78 is 36.9. The van der Waals surface area contributed by atoms with Crippen molar-refractivity contribution in [2.24, 2.45) is 0 Å². The minimum absolute atomic E-state index is 0.103. The number of halogens is 2. The van der Waals surface area contributed by atoms with Gasteiger partial charge in [0.25, 0.3) is 0 Å². The maximum atomic E-state index is 15.1. The Hall–Kier alpha value is -2.93. The average Bonchev–Trinajstić information content (AvgIpc) is 3.05. The number of hydrogen-bond acceptors (Lipinski definition) is 3. The van der Waals surface area contributed by atoms with Crippen LogP contribution < -0.4 is 0 Å². The summed E-state index contributed by atoms with van der Waals surface area (Å²) in [5.74, 6) is -1.97. The number of carboxylic acids is 1. The molecule has 3 atom stereocenters. The van der Waals surface area contributed by atoms with E-state index in [-0.39, 0.29) is 43.4 Å². The van der Waals surface area contributed by atoms with Crippen molar-refractivity contribution < 1.29 is 28.5 Å². The van der Waals surface area contributed by atoms with Gasteiger partial charge in [-0.3, -0.25) is 0 Å². The second-order valence-corrected chi connectivity index (χ2v) is 9.60. The van der Waals surface area contributed by atoms with E-state index in [1.54, 1.807) is 24.3 Å². The molecule has 0 spiro atoms. The fraction of sp³-hybridized carbons (Fsp3) is 0.400. The molecule has 5 nitrogen and oxygen atoms in total. The molecule has 2 aliphatic rings. The number of fused-ring (bicyclic) bond motifs is 5. The van der Waals surface area contributed by atoms with E-state index >= 15 is 4.39 Å². The van der Waals surface area contributed by atoms with Crippen LogP contribution in [0.1, 0.15) is 50.3 Å². The first-order valence-electron chi connectivity index (χ1n) is 10.8. The van der Waals surface area contributed by atoms with Gasteiger partial charge in [0, 0.05) is 34.5 Å². The molecule has 168 valence electrons. The van der Waals surface area contributed by atoms with Gasteiger partial charge in [-0.15, -0.1) is 0 Å². The van der Waals surface area contributed by atoms with Crippen LogP contribution in [0.4, 0.5) is 8.78 Å². The van der Waals surface area contributed by atoms with Gasteiger partial charge in [0.05, 0.1) is 18.2 Å². The number of nitrogens with zero attached hydrogens (tertiary/aromatic N) is 1. The Morgan fingerprint density at radius 3 is 2.59 bits per heavy atom. The lowest BCUT2D eigenvalue weighted by Crippen LogP contribution is -2.44. The Morgan fingerprint density at radius 2 is 1.91 bits per heavy atom. The topological polar surface area (TPSA) is 71.7 Å². The lowest BCUT2D eigenvalue weighted by Gasteiger charge is -2.37. The van der Waals surface area contributed by atoms with Crippen molar-refractivity contribution in [2.45, 2.75) is 56.2 Å². The number of ether oxygens (including phenoxy) is 1. The van der Waals surface area contributed by atoms with E-state index in [9.17, 15) is 19.4 Å². The van der Waals surface area contributed by atoms with Crippen molar-refractivity contribution in [2.75, 3.05) is 6.61 Å². The molecule has 2 heterocycles. The van der Waals surface area contributed by atoms with Crippen molar-refractivity contribution in [1.29, 1.82) is 0 Å². The second-order valence-electron chi connectivity index (χ2n) is 9.60. The van der Waals surface area contributed by atoms with Crippen LogP contribution in [0.5, 0.6) is 5.75 Å². The summed E-state index contributed by atoms with van der Waals surface area (Å²) in [6, 6.07) is 11.4. The van der Waals surface area contributed by atoms with E-state index in [1.165, 1.54) is 12.1 Å². The smallest absolute Gasteiger partial charge is 0.341 e. The third-order valence-corrected chi connectivity index (χ3v) is 6.97. The molecule has 1 aromatic heterocycles. The highest BCUT2D eigenvalue weighted by molar-refractivity contribution is 5.93. The quantitative estimate of drug-likeness (QED) is 0.573. The standard InChI is InChI=1S/C25H25F2NO4/c1-24(2)13-32-19-12-25(27,23(30)31)11-10-16(19)20-21-17(4-3-5-18(21)29)28(22(20)24)15-8-6-14(26)7-9-15/h3-9,16,19,29H,10-13H2,1-2H3,(H,30,31)/t16?,19?,25-/m1/s1. The third-order valence-electron chi connectivity index (χ3n) is 6.97. The van der Waals surface area contributed by atoms with Gasteiger partial charge in [-0.05, 0) is 54.8 Å². The highest BCUT2D eigenvalue weighted by atomic mass is 19.1. The van der Waals surface area contributed by atoms with Gasteiger partial charge in [0.1, 0.15) is 11.6 Å². The van der Waals surface area contributed by atoms with Crippen LogP contribution >= 0.6 is 0 Å². The zero-order valence-electron chi connectivity index (χ0n) is 17.9. The molecule has 2 aromatic carbocycles. The number of aromatic hydroxyl groups is 1. The highest BCUT2D eigenvalue weighted by Crippen LogP contribution is 2.52. The normalized spacial score (nSPS) is 26.9. The predicted octanol–water partition coefficient (Wildman–Crippen LogP) is 5.21. The average molecular weight is 441 g/mol. The van der Waals surface area contributed by atoms with Gasteiger partial charge in [-0.25, -0.2) is 13.6 Å². The fourth-order valence-corrected chi connectivity index (χ4v) is 5.45. The molecule has 1 aliphatic heterocycles. The van der Waals surface area contributed by atoms with E-state index in [0.29, 0.717) is 5.39 Å². The Bertz CT molecular complexity index is 1220. The summed E-state index contributed by atoms with van der Waals surface area (Å²) in [4.78, 5) is 11.6. The van der Waals surface area contributed by atoms with Gasteiger partial charge in [-0.2, -0.15) is 0 Å². The van der Waals surface area contributed by atoms with Gasteiger partial charge in [0.15, 0.2) is 0 Å². The zero-order valence-corrected chi connectivity index (χ0v) is 17.9. The lowest BCUT2D eigenvalue weighted by atomic mass is 9.73. The fourth-order valence-electron chi connectivity index (χ4n) is 5.45. The number of alkyl halides is 1. The summed E-state index contributed by atoms with van der Waals surface area (Å²) in [6.07, 6.45) is -0.701. The number of rotatable bonds is 2. The molecular weight excluding hydrogens is 416 g/mol. The first-order valence-corrected chi connectivity index (χ1v) is 10.8. The number of hydrogen-bond donors (Lipinski definition) is 2. The highest BCUT2D eigenvalue weighted by Gasteiger charge is 2.51. The molecule has 2 unspecified atom stereocenters. The Kier molecular flexibility index (Phi) is 4.60. The number of aromatic nitrogens is 1.